The van der Waals surface area contributed by atoms with Crippen LogP contribution in [0.1, 0.15) is 41.2 Å². The molecule has 0 saturated carbocycles. The molecule has 2 aromatic rings. The maximum atomic E-state index is 12.8. The number of carbonyl (C=O) groups excluding carboxylic acids is 1. The minimum absolute atomic E-state index is 0.0111. The standard InChI is InChI=1S/C22H27ClN2O4S/c1-29-17-8-6-16(7-9-17)21(25-12-4-3-5-13-25)15-24-22(26)19-14-18(30(2,27)28)10-11-20(19)23/h6-11,14,21H,3-5,12-13,15H2,1-2H3,(H,24,26). The lowest BCUT2D eigenvalue weighted by Crippen LogP contribution is -2.40. The predicted octanol–water partition coefficient (Wildman–Crippen LogP) is 3.71. The predicted molar refractivity (Wildman–Crippen MR) is 118 cm³/mol. The van der Waals surface area contributed by atoms with Crippen LogP contribution in [-0.2, 0) is 9.84 Å². The summed E-state index contributed by atoms with van der Waals surface area (Å²) < 4.78 is 28.9. The number of carbonyl (C=O) groups is 1. The van der Waals surface area contributed by atoms with Gasteiger partial charge in [-0.2, -0.15) is 0 Å². The van der Waals surface area contributed by atoms with E-state index in [1.165, 1.54) is 24.6 Å². The zero-order valence-electron chi connectivity index (χ0n) is 17.2. The average molecular weight is 451 g/mol. The molecule has 6 nitrogen and oxygen atoms in total. The van der Waals surface area contributed by atoms with Crippen molar-refractivity contribution >= 4 is 27.3 Å². The molecular formula is C22H27ClN2O4S. The molecule has 1 amide bonds. The molecule has 1 unspecified atom stereocenters. The molecular weight excluding hydrogens is 424 g/mol. The van der Waals surface area contributed by atoms with E-state index >= 15 is 0 Å². The second-order valence-corrected chi connectivity index (χ2v) is 9.93. The Morgan fingerprint density at radius 2 is 1.80 bits per heavy atom. The van der Waals surface area contributed by atoms with Gasteiger partial charge in [-0.15, -0.1) is 0 Å². The van der Waals surface area contributed by atoms with Crippen LogP contribution < -0.4 is 10.1 Å². The largest absolute Gasteiger partial charge is 0.497 e. The van der Waals surface area contributed by atoms with E-state index in [9.17, 15) is 13.2 Å². The van der Waals surface area contributed by atoms with Gasteiger partial charge in [-0.05, 0) is 61.8 Å². The fraction of sp³-hybridized carbons (Fsp3) is 0.409. The summed E-state index contributed by atoms with van der Waals surface area (Å²) >= 11 is 6.18. The lowest BCUT2D eigenvalue weighted by atomic mass is 10.0. The molecule has 3 rings (SSSR count). The summed E-state index contributed by atoms with van der Waals surface area (Å²) in [6.45, 7) is 2.33. The lowest BCUT2D eigenvalue weighted by Gasteiger charge is -2.35. The summed E-state index contributed by atoms with van der Waals surface area (Å²) in [5.74, 6) is 0.394. The number of nitrogens with one attached hydrogen (secondary N) is 1. The van der Waals surface area contributed by atoms with Gasteiger partial charge in [0.25, 0.3) is 5.91 Å². The number of hydrogen-bond donors (Lipinski definition) is 1. The number of ether oxygens (including phenoxy) is 1. The first-order chi connectivity index (χ1) is 14.3. The van der Waals surface area contributed by atoms with Crippen molar-refractivity contribution in [3.8, 4) is 5.75 Å². The van der Waals surface area contributed by atoms with Crippen molar-refractivity contribution in [1.29, 1.82) is 0 Å². The van der Waals surface area contributed by atoms with Crippen molar-refractivity contribution in [3.63, 3.8) is 0 Å². The Kier molecular flexibility index (Phi) is 7.39. The Balaban J connectivity index is 1.80. The normalized spacial score (nSPS) is 16.1. The second-order valence-electron chi connectivity index (χ2n) is 7.51. The number of sulfone groups is 1. The Hall–Kier alpha value is -2.09. The van der Waals surface area contributed by atoms with Crippen molar-refractivity contribution in [1.82, 2.24) is 10.2 Å². The highest BCUT2D eigenvalue weighted by Crippen LogP contribution is 2.26. The highest BCUT2D eigenvalue weighted by molar-refractivity contribution is 7.90. The molecule has 0 aromatic heterocycles. The zero-order valence-corrected chi connectivity index (χ0v) is 18.8. The molecule has 1 atom stereocenters. The molecule has 1 fully saturated rings. The molecule has 1 heterocycles. The minimum Gasteiger partial charge on any atom is -0.497 e. The van der Waals surface area contributed by atoms with Gasteiger partial charge in [0.05, 0.1) is 28.6 Å². The van der Waals surface area contributed by atoms with Crippen LogP contribution in [0.2, 0.25) is 5.02 Å². The molecule has 1 aliphatic heterocycles. The van der Waals surface area contributed by atoms with Gasteiger partial charge in [0.2, 0.25) is 0 Å². The van der Waals surface area contributed by atoms with Gasteiger partial charge < -0.3 is 10.1 Å². The Labute approximate surface area is 183 Å². The number of amides is 1. The van der Waals surface area contributed by atoms with Crippen LogP contribution in [0.3, 0.4) is 0 Å². The van der Waals surface area contributed by atoms with Crippen LogP contribution in [0.4, 0.5) is 0 Å². The average Bonchev–Trinajstić information content (AvgIpc) is 2.74. The molecule has 0 bridgehead atoms. The Bertz CT molecular complexity index is 987. The molecule has 162 valence electrons. The van der Waals surface area contributed by atoms with Crippen molar-refractivity contribution in [2.45, 2.75) is 30.2 Å². The molecule has 30 heavy (non-hydrogen) atoms. The lowest BCUT2D eigenvalue weighted by molar-refractivity contribution is 0.0924. The van der Waals surface area contributed by atoms with Gasteiger partial charge in [0, 0.05) is 12.8 Å². The molecule has 0 radical (unpaired) electrons. The SMILES string of the molecule is COc1ccc(C(CNC(=O)c2cc(S(C)(=O)=O)ccc2Cl)N2CCCCC2)cc1. The molecule has 2 aromatic carbocycles. The van der Waals surface area contributed by atoms with Crippen LogP contribution in [-0.4, -0.2) is 52.2 Å². The van der Waals surface area contributed by atoms with E-state index in [2.05, 4.69) is 10.2 Å². The summed E-state index contributed by atoms with van der Waals surface area (Å²) in [5.41, 5.74) is 1.25. The Morgan fingerprint density at radius 1 is 1.13 bits per heavy atom. The minimum atomic E-state index is -3.43. The van der Waals surface area contributed by atoms with Crippen LogP contribution in [0, 0.1) is 0 Å². The third-order valence-corrected chi connectivity index (χ3v) is 6.84. The van der Waals surface area contributed by atoms with Gasteiger partial charge in [-0.3, -0.25) is 9.69 Å². The van der Waals surface area contributed by atoms with E-state index in [-0.39, 0.29) is 27.4 Å². The molecule has 8 heteroatoms. The number of likely N-dealkylation sites (tertiary alicyclic amines) is 1. The van der Waals surface area contributed by atoms with Crippen LogP contribution in [0.5, 0.6) is 5.75 Å². The summed E-state index contributed by atoms with van der Waals surface area (Å²) in [5, 5.41) is 3.17. The van der Waals surface area contributed by atoms with Crippen molar-refractivity contribution in [2.24, 2.45) is 0 Å². The van der Waals surface area contributed by atoms with Crippen molar-refractivity contribution in [2.75, 3.05) is 33.0 Å². The van der Waals surface area contributed by atoms with E-state index in [0.717, 1.165) is 43.5 Å². The summed E-state index contributed by atoms with van der Waals surface area (Å²) in [6, 6.07) is 12.1. The van der Waals surface area contributed by atoms with E-state index < -0.39 is 9.84 Å². The monoisotopic (exact) mass is 450 g/mol. The first-order valence-electron chi connectivity index (χ1n) is 9.95. The van der Waals surface area contributed by atoms with Gasteiger partial charge in [-0.25, -0.2) is 8.42 Å². The highest BCUT2D eigenvalue weighted by atomic mass is 35.5. The number of methoxy groups -OCH3 is 1. The molecule has 0 spiro atoms. The number of rotatable bonds is 7. The van der Waals surface area contributed by atoms with E-state index in [1.54, 1.807) is 7.11 Å². The number of nitrogens with zero attached hydrogens (tertiary/aromatic N) is 1. The third kappa shape index (κ3) is 5.53. The number of halogens is 1. The van der Waals surface area contributed by atoms with Crippen molar-refractivity contribution in [3.05, 3.63) is 58.6 Å². The fourth-order valence-electron chi connectivity index (χ4n) is 3.71. The smallest absolute Gasteiger partial charge is 0.252 e. The maximum absolute atomic E-state index is 12.8. The topological polar surface area (TPSA) is 75.7 Å². The van der Waals surface area contributed by atoms with Gasteiger partial charge in [0.1, 0.15) is 5.75 Å². The van der Waals surface area contributed by atoms with Crippen LogP contribution in [0.15, 0.2) is 47.4 Å². The third-order valence-electron chi connectivity index (χ3n) is 5.40. The summed E-state index contributed by atoms with van der Waals surface area (Å²) in [4.78, 5) is 15.3. The molecule has 1 aliphatic rings. The number of piperidine rings is 1. The highest BCUT2D eigenvalue weighted by Gasteiger charge is 2.24. The second kappa shape index (κ2) is 9.81. The van der Waals surface area contributed by atoms with Gasteiger partial charge in [-0.1, -0.05) is 30.2 Å². The Morgan fingerprint density at radius 3 is 2.40 bits per heavy atom. The summed E-state index contributed by atoms with van der Waals surface area (Å²) in [6.07, 6.45) is 4.58. The first-order valence-corrected chi connectivity index (χ1v) is 12.2. The fourth-order valence-corrected chi connectivity index (χ4v) is 4.56. The number of hydrogen-bond acceptors (Lipinski definition) is 5. The zero-order chi connectivity index (χ0) is 21.7. The quantitative estimate of drug-likeness (QED) is 0.695. The van der Waals surface area contributed by atoms with E-state index in [4.69, 9.17) is 16.3 Å². The van der Waals surface area contributed by atoms with E-state index in [0.29, 0.717) is 6.54 Å². The van der Waals surface area contributed by atoms with E-state index in [1.807, 2.05) is 24.3 Å². The number of benzene rings is 2. The van der Waals surface area contributed by atoms with Gasteiger partial charge in [0.15, 0.2) is 9.84 Å². The van der Waals surface area contributed by atoms with Gasteiger partial charge >= 0.3 is 0 Å². The summed E-state index contributed by atoms with van der Waals surface area (Å²) in [7, 11) is -1.80. The first kappa shape index (κ1) is 22.6. The van der Waals surface area contributed by atoms with Crippen LogP contribution >= 0.6 is 11.6 Å². The maximum Gasteiger partial charge on any atom is 0.252 e. The molecule has 1 saturated heterocycles. The van der Waals surface area contributed by atoms with Crippen molar-refractivity contribution < 1.29 is 17.9 Å². The van der Waals surface area contributed by atoms with Crippen LogP contribution in [0.25, 0.3) is 0 Å². The molecule has 0 aliphatic carbocycles. The molecule has 1 N–H and O–H groups in total.